The van der Waals surface area contributed by atoms with E-state index in [2.05, 4.69) is 19.2 Å². The van der Waals surface area contributed by atoms with Crippen LogP contribution in [0.3, 0.4) is 0 Å². The second-order valence-corrected chi connectivity index (χ2v) is 6.37. The molecule has 1 aliphatic heterocycles. The standard InChI is InChI=1S/C14H24N2O2/c1-4-11-13(18)16(8-6-12(17)15-11)10-5-7-14(2,3)9-10/h10-11H,4-9H2,1-3H3,(H,15,17). The van der Waals surface area contributed by atoms with Crippen molar-refractivity contribution in [1.82, 2.24) is 10.2 Å². The molecule has 0 aromatic carbocycles. The van der Waals surface area contributed by atoms with E-state index in [-0.39, 0.29) is 17.9 Å². The van der Waals surface area contributed by atoms with Crippen LogP contribution in [0.25, 0.3) is 0 Å². The summed E-state index contributed by atoms with van der Waals surface area (Å²) in [5.41, 5.74) is 0.330. The molecule has 0 spiro atoms. The molecule has 4 nitrogen and oxygen atoms in total. The summed E-state index contributed by atoms with van der Waals surface area (Å²) in [5, 5.41) is 2.82. The Morgan fingerprint density at radius 3 is 2.67 bits per heavy atom. The van der Waals surface area contributed by atoms with Crippen molar-refractivity contribution < 1.29 is 9.59 Å². The number of hydrogen-bond acceptors (Lipinski definition) is 2. The monoisotopic (exact) mass is 252 g/mol. The van der Waals surface area contributed by atoms with Crippen LogP contribution in [0.15, 0.2) is 0 Å². The molecule has 1 saturated heterocycles. The van der Waals surface area contributed by atoms with Crippen molar-refractivity contribution in [3.63, 3.8) is 0 Å². The van der Waals surface area contributed by atoms with E-state index in [1.165, 1.54) is 6.42 Å². The Labute approximate surface area is 109 Å². The largest absolute Gasteiger partial charge is 0.344 e. The van der Waals surface area contributed by atoms with Gasteiger partial charge in [0.25, 0.3) is 0 Å². The maximum Gasteiger partial charge on any atom is 0.245 e. The van der Waals surface area contributed by atoms with Crippen LogP contribution in [0.1, 0.15) is 52.9 Å². The van der Waals surface area contributed by atoms with Gasteiger partial charge in [0.2, 0.25) is 11.8 Å². The van der Waals surface area contributed by atoms with Crippen LogP contribution in [-0.4, -0.2) is 35.3 Å². The molecule has 2 fully saturated rings. The van der Waals surface area contributed by atoms with E-state index in [1.54, 1.807) is 0 Å². The molecule has 2 amide bonds. The van der Waals surface area contributed by atoms with Crippen molar-refractivity contribution in [3.05, 3.63) is 0 Å². The number of carbonyl (C=O) groups excluding carboxylic acids is 2. The van der Waals surface area contributed by atoms with E-state index in [9.17, 15) is 9.59 Å². The van der Waals surface area contributed by atoms with Crippen LogP contribution >= 0.6 is 0 Å². The van der Waals surface area contributed by atoms with Crippen LogP contribution in [0.4, 0.5) is 0 Å². The zero-order chi connectivity index (χ0) is 13.3. The van der Waals surface area contributed by atoms with Gasteiger partial charge in [0.05, 0.1) is 0 Å². The van der Waals surface area contributed by atoms with Gasteiger partial charge in [-0.05, 0) is 31.1 Å². The van der Waals surface area contributed by atoms with Gasteiger partial charge in [-0.3, -0.25) is 9.59 Å². The number of nitrogens with zero attached hydrogens (tertiary/aromatic N) is 1. The summed E-state index contributed by atoms with van der Waals surface area (Å²) < 4.78 is 0. The average molecular weight is 252 g/mol. The summed E-state index contributed by atoms with van der Waals surface area (Å²) in [6.07, 6.45) is 4.42. The van der Waals surface area contributed by atoms with E-state index >= 15 is 0 Å². The predicted octanol–water partition coefficient (Wildman–Crippen LogP) is 1.69. The van der Waals surface area contributed by atoms with Gasteiger partial charge in [-0.25, -0.2) is 0 Å². The first kappa shape index (κ1) is 13.4. The Hall–Kier alpha value is -1.06. The molecule has 2 rings (SSSR count). The van der Waals surface area contributed by atoms with Gasteiger partial charge in [-0.2, -0.15) is 0 Å². The molecule has 1 aliphatic carbocycles. The van der Waals surface area contributed by atoms with Crippen molar-refractivity contribution in [3.8, 4) is 0 Å². The van der Waals surface area contributed by atoms with Crippen molar-refractivity contribution in [2.45, 2.75) is 65.0 Å². The summed E-state index contributed by atoms with van der Waals surface area (Å²) in [6, 6.07) is 0.0120. The lowest BCUT2D eigenvalue weighted by Crippen LogP contribution is -2.47. The lowest BCUT2D eigenvalue weighted by molar-refractivity contribution is -0.135. The molecule has 2 unspecified atom stereocenters. The maximum atomic E-state index is 12.4. The zero-order valence-corrected chi connectivity index (χ0v) is 11.7. The second-order valence-electron chi connectivity index (χ2n) is 6.37. The van der Waals surface area contributed by atoms with Gasteiger partial charge in [0.1, 0.15) is 6.04 Å². The Bertz CT molecular complexity index is 352. The number of carbonyl (C=O) groups is 2. The molecule has 1 heterocycles. The highest BCUT2D eigenvalue weighted by Crippen LogP contribution is 2.39. The van der Waals surface area contributed by atoms with Gasteiger partial charge >= 0.3 is 0 Å². The highest BCUT2D eigenvalue weighted by Gasteiger charge is 2.39. The van der Waals surface area contributed by atoms with Gasteiger partial charge in [-0.15, -0.1) is 0 Å². The molecule has 2 aliphatic rings. The fourth-order valence-electron chi connectivity index (χ4n) is 3.17. The van der Waals surface area contributed by atoms with Crippen LogP contribution in [0.5, 0.6) is 0 Å². The average Bonchev–Trinajstić information content (AvgIpc) is 2.58. The van der Waals surface area contributed by atoms with E-state index < -0.39 is 0 Å². The van der Waals surface area contributed by atoms with Crippen LogP contribution in [0, 0.1) is 5.41 Å². The van der Waals surface area contributed by atoms with E-state index in [0.717, 1.165) is 12.8 Å². The molecule has 18 heavy (non-hydrogen) atoms. The molecule has 0 aromatic heterocycles. The second kappa shape index (κ2) is 4.90. The maximum absolute atomic E-state index is 12.4. The van der Waals surface area contributed by atoms with Crippen molar-refractivity contribution in [2.75, 3.05) is 6.54 Å². The topological polar surface area (TPSA) is 49.4 Å². The zero-order valence-electron chi connectivity index (χ0n) is 11.7. The lowest BCUT2D eigenvalue weighted by Gasteiger charge is -2.30. The van der Waals surface area contributed by atoms with Crippen molar-refractivity contribution in [2.24, 2.45) is 5.41 Å². The number of hydrogen-bond donors (Lipinski definition) is 1. The minimum Gasteiger partial charge on any atom is -0.344 e. The first-order valence-corrected chi connectivity index (χ1v) is 7.03. The minimum atomic E-state index is -0.316. The van der Waals surface area contributed by atoms with Gasteiger partial charge in [0, 0.05) is 19.0 Å². The third-order valence-electron chi connectivity index (χ3n) is 4.29. The van der Waals surface area contributed by atoms with E-state index in [1.807, 2.05) is 11.8 Å². The quantitative estimate of drug-likeness (QED) is 0.813. The first-order chi connectivity index (χ1) is 8.43. The van der Waals surface area contributed by atoms with E-state index in [0.29, 0.717) is 30.8 Å². The molecule has 1 N–H and O–H groups in total. The Morgan fingerprint density at radius 1 is 1.39 bits per heavy atom. The molecule has 0 radical (unpaired) electrons. The Morgan fingerprint density at radius 2 is 2.11 bits per heavy atom. The third-order valence-corrected chi connectivity index (χ3v) is 4.29. The highest BCUT2D eigenvalue weighted by atomic mass is 16.2. The van der Waals surface area contributed by atoms with Crippen molar-refractivity contribution in [1.29, 1.82) is 0 Å². The number of amides is 2. The van der Waals surface area contributed by atoms with Crippen LogP contribution in [0.2, 0.25) is 0 Å². The van der Waals surface area contributed by atoms with Gasteiger partial charge in [0.15, 0.2) is 0 Å². The minimum absolute atomic E-state index is 0.00922. The van der Waals surface area contributed by atoms with Gasteiger partial charge in [-0.1, -0.05) is 20.8 Å². The summed E-state index contributed by atoms with van der Waals surface area (Å²) in [5.74, 6) is 0.126. The molecule has 102 valence electrons. The summed E-state index contributed by atoms with van der Waals surface area (Å²) in [6.45, 7) is 7.05. The summed E-state index contributed by atoms with van der Waals surface area (Å²) in [7, 11) is 0. The molecule has 0 aromatic rings. The first-order valence-electron chi connectivity index (χ1n) is 7.03. The smallest absolute Gasteiger partial charge is 0.245 e. The normalized spacial score (nSPS) is 32.3. The third kappa shape index (κ3) is 2.68. The lowest BCUT2D eigenvalue weighted by atomic mass is 9.91. The van der Waals surface area contributed by atoms with Crippen LogP contribution in [-0.2, 0) is 9.59 Å². The molecule has 4 heteroatoms. The number of nitrogens with one attached hydrogen (secondary N) is 1. The number of rotatable bonds is 2. The van der Waals surface area contributed by atoms with Crippen molar-refractivity contribution >= 4 is 11.8 Å². The SMILES string of the molecule is CCC1NC(=O)CCN(C2CCC(C)(C)C2)C1=O. The fraction of sp³-hybridized carbons (Fsp3) is 0.857. The fourth-order valence-corrected chi connectivity index (χ4v) is 3.17. The molecule has 1 saturated carbocycles. The van der Waals surface area contributed by atoms with Crippen LogP contribution < -0.4 is 5.32 Å². The molecular weight excluding hydrogens is 228 g/mol. The molecular formula is C14H24N2O2. The summed E-state index contributed by atoms with van der Waals surface area (Å²) >= 11 is 0. The Kier molecular flexibility index (Phi) is 3.64. The summed E-state index contributed by atoms with van der Waals surface area (Å²) in [4.78, 5) is 26.0. The molecule has 0 bridgehead atoms. The van der Waals surface area contributed by atoms with Gasteiger partial charge < -0.3 is 10.2 Å². The van der Waals surface area contributed by atoms with E-state index in [4.69, 9.17) is 0 Å². The predicted molar refractivity (Wildman–Crippen MR) is 70.0 cm³/mol. The Balaban J connectivity index is 2.11. The molecule has 2 atom stereocenters. The highest BCUT2D eigenvalue weighted by molar-refractivity contribution is 5.90.